The molecule has 1 aromatic carbocycles. The molecular weight excluding hydrogens is 278 g/mol. The van der Waals surface area contributed by atoms with Crippen molar-refractivity contribution >= 4 is 22.8 Å². The van der Waals surface area contributed by atoms with Gasteiger partial charge >= 0.3 is 0 Å². The van der Waals surface area contributed by atoms with Crippen LogP contribution >= 0.6 is 11.6 Å². The Bertz CT molecular complexity index is 770. The molecule has 0 atom stereocenters. The fraction of sp³-hybridized carbons (Fsp3) is 0.143. The van der Waals surface area contributed by atoms with Crippen LogP contribution in [0.25, 0.3) is 22.6 Å². The molecule has 2 heterocycles. The third-order valence-corrected chi connectivity index (χ3v) is 3.14. The zero-order chi connectivity index (χ0) is 14.1. The summed E-state index contributed by atoms with van der Waals surface area (Å²) in [6.45, 7) is 2.46. The van der Waals surface area contributed by atoms with Crippen LogP contribution in [0.15, 0.2) is 30.3 Å². The number of nitrogens with one attached hydrogen (secondary N) is 1. The van der Waals surface area contributed by atoms with Gasteiger partial charge in [0.15, 0.2) is 5.65 Å². The highest BCUT2D eigenvalue weighted by molar-refractivity contribution is 6.32. The van der Waals surface area contributed by atoms with Gasteiger partial charge in [-0.1, -0.05) is 11.6 Å². The van der Waals surface area contributed by atoms with Crippen molar-refractivity contribution in [2.45, 2.75) is 6.92 Å². The number of fused-ring (bicyclic) bond motifs is 1. The minimum atomic E-state index is 0.0447. The van der Waals surface area contributed by atoms with Crippen LogP contribution in [0.4, 0.5) is 0 Å². The first-order chi connectivity index (χ1) is 9.67. The van der Waals surface area contributed by atoms with Crippen LogP contribution in [0.5, 0.6) is 11.6 Å². The Morgan fingerprint density at radius 2 is 2.10 bits per heavy atom. The van der Waals surface area contributed by atoms with E-state index in [4.69, 9.17) is 16.3 Å². The van der Waals surface area contributed by atoms with Crippen LogP contribution in [0, 0.1) is 0 Å². The normalized spacial score (nSPS) is 10.9. The number of halogens is 1. The molecule has 0 unspecified atom stereocenters. The summed E-state index contributed by atoms with van der Waals surface area (Å²) in [6.07, 6.45) is 0. The Hall–Kier alpha value is -2.27. The van der Waals surface area contributed by atoms with E-state index in [-0.39, 0.29) is 10.8 Å². The second-order valence-electron chi connectivity index (χ2n) is 4.21. The SMILES string of the molecule is CCOc1ccc2[nH]c(-c3ccc(O)c(Cl)c3)nc2n1. The van der Waals surface area contributed by atoms with Crippen molar-refractivity contribution in [3.8, 4) is 23.0 Å². The van der Waals surface area contributed by atoms with Crippen molar-refractivity contribution in [1.29, 1.82) is 0 Å². The van der Waals surface area contributed by atoms with Crippen LogP contribution < -0.4 is 4.74 Å². The van der Waals surface area contributed by atoms with Gasteiger partial charge in [-0.2, -0.15) is 4.98 Å². The smallest absolute Gasteiger partial charge is 0.215 e. The van der Waals surface area contributed by atoms with Crippen molar-refractivity contribution in [2.24, 2.45) is 0 Å². The first-order valence-electron chi connectivity index (χ1n) is 6.16. The van der Waals surface area contributed by atoms with Crippen molar-refractivity contribution in [3.63, 3.8) is 0 Å². The number of aromatic amines is 1. The average Bonchev–Trinajstić information content (AvgIpc) is 2.85. The lowest BCUT2D eigenvalue weighted by Gasteiger charge is -1.99. The summed E-state index contributed by atoms with van der Waals surface area (Å²) in [7, 11) is 0. The van der Waals surface area contributed by atoms with Crippen molar-refractivity contribution < 1.29 is 9.84 Å². The molecule has 0 aliphatic carbocycles. The van der Waals surface area contributed by atoms with Crippen LogP contribution in [-0.4, -0.2) is 26.7 Å². The molecule has 0 amide bonds. The van der Waals surface area contributed by atoms with E-state index >= 15 is 0 Å². The minimum absolute atomic E-state index is 0.0447. The second kappa shape index (κ2) is 5.02. The highest BCUT2D eigenvalue weighted by atomic mass is 35.5. The number of aromatic nitrogens is 3. The Kier molecular flexibility index (Phi) is 3.20. The number of rotatable bonds is 3. The number of phenolic OH excluding ortho intramolecular Hbond substituents is 1. The van der Waals surface area contributed by atoms with E-state index in [9.17, 15) is 5.11 Å². The molecule has 20 heavy (non-hydrogen) atoms. The lowest BCUT2D eigenvalue weighted by molar-refractivity contribution is 0.328. The number of imidazole rings is 1. The first kappa shape index (κ1) is 12.7. The van der Waals surface area contributed by atoms with Crippen molar-refractivity contribution in [3.05, 3.63) is 35.4 Å². The lowest BCUT2D eigenvalue weighted by atomic mass is 10.2. The maximum Gasteiger partial charge on any atom is 0.215 e. The molecule has 0 saturated heterocycles. The number of aromatic hydroxyl groups is 1. The van der Waals surface area contributed by atoms with Gasteiger partial charge in [-0.15, -0.1) is 0 Å². The summed E-state index contributed by atoms with van der Waals surface area (Å²) in [6, 6.07) is 8.58. The summed E-state index contributed by atoms with van der Waals surface area (Å²) in [4.78, 5) is 11.9. The number of pyridine rings is 1. The van der Waals surface area contributed by atoms with E-state index in [1.807, 2.05) is 13.0 Å². The number of phenols is 1. The molecule has 5 nitrogen and oxygen atoms in total. The van der Waals surface area contributed by atoms with E-state index < -0.39 is 0 Å². The number of ether oxygens (including phenoxy) is 1. The van der Waals surface area contributed by atoms with Crippen LogP contribution in [-0.2, 0) is 0 Å². The zero-order valence-electron chi connectivity index (χ0n) is 10.7. The summed E-state index contributed by atoms with van der Waals surface area (Å²) in [5.74, 6) is 1.23. The summed E-state index contributed by atoms with van der Waals surface area (Å²) in [5, 5.41) is 9.72. The van der Waals surface area contributed by atoms with Gasteiger partial charge in [0.2, 0.25) is 5.88 Å². The molecule has 102 valence electrons. The first-order valence-corrected chi connectivity index (χ1v) is 6.53. The summed E-state index contributed by atoms with van der Waals surface area (Å²) in [5.41, 5.74) is 2.17. The second-order valence-corrected chi connectivity index (χ2v) is 4.61. The van der Waals surface area contributed by atoms with Gasteiger partial charge in [0.05, 0.1) is 17.1 Å². The molecular formula is C14H12ClN3O2. The van der Waals surface area contributed by atoms with E-state index in [0.29, 0.717) is 24.0 Å². The fourth-order valence-electron chi connectivity index (χ4n) is 1.89. The lowest BCUT2D eigenvalue weighted by Crippen LogP contribution is -1.93. The number of H-pyrrole nitrogens is 1. The molecule has 0 spiro atoms. The van der Waals surface area contributed by atoms with Crippen molar-refractivity contribution in [1.82, 2.24) is 15.0 Å². The third-order valence-electron chi connectivity index (χ3n) is 2.83. The molecule has 2 aromatic heterocycles. The van der Waals surface area contributed by atoms with Gasteiger partial charge in [0.25, 0.3) is 0 Å². The predicted molar refractivity (Wildman–Crippen MR) is 77.2 cm³/mol. The number of benzene rings is 1. The summed E-state index contributed by atoms with van der Waals surface area (Å²) < 4.78 is 5.34. The quantitative estimate of drug-likeness (QED) is 0.775. The maximum absolute atomic E-state index is 9.43. The molecule has 0 fully saturated rings. The van der Waals surface area contributed by atoms with Gasteiger partial charge in [0.1, 0.15) is 11.6 Å². The van der Waals surface area contributed by atoms with E-state index in [1.54, 1.807) is 18.2 Å². The van der Waals surface area contributed by atoms with E-state index in [2.05, 4.69) is 15.0 Å². The minimum Gasteiger partial charge on any atom is -0.506 e. The van der Waals surface area contributed by atoms with Crippen molar-refractivity contribution in [2.75, 3.05) is 6.61 Å². The van der Waals surface area contributed by atoms with Gasteiger partial charge in [-0.05, 0) is 31.2 Å². The van der Waals surface area contributed by atoms with Gasteiger partial charge in [-0.3, -0.25) is 0 Å². The molecule has 6 heteroatoms. The number of hydrogen-bond donors (Lipinski definition) is 2. The van der Waals surface area contributed by atoms with E-state index in [0.717, 1.165) is 11.1 Å². The largest absolute Gasteiger partial charge is 0.506 e. The van der Waals surface area contributed by atoms with E-state index in [1.165, 1.54) is 6.07 Å². The molecule has 0 aliphatic rings. The summed E-state index contributed by atoms with van der Waals surface area (Å²) >= 11 is 5.90. The van der Waals surface area contributed by atoms with Crippen LogP contribution in [0.3, 0.4) is 0 Å². The highest BCUT2D eigenvalue weighted by Gasteiger charge is 2.09. The Balaban J connectivity index is 2.05. The van der Waals surface area contributed by atoms with Gasteiger partial charge < -0.3 is 14.8 Å². The number of nitrogens with zero attached hydrogens (tertiary/aromatic N) is 2. The Labute approximate surface area is 120 Å². The van der Waals surface area contributed by atoms with Gasteiger partial charge in [0, 0.05) is 11.6 Å². The number of hydrogen-bond acceptors (Lipinski definition) is 4. The average molecular weight is 290 g/mol. The molecule has 0 aliphatic heterocycles. The van der Waals surface area contributed by atoms with Crippen LogP contribution in [0.1, 0.15) is 6.92 Å². The highest BCUT2D eigenvalue weighted by Crippen LogP contribution is 2.29. The fourth-order valence-corrected chi connectivity index (χ4v) is 2.07. The Morgan fingerprint density at radius 1 is 1.25 bits per heavy atom. The molecule has 3 aromatic rings. The van der Waals surface area contributed by atoms with Crippen LogP contribution in [0.2, 0.25) is 5.02 Å². The standard InChI is InChI=1S/C14H12ClN3O2/c1-2-20-12-6-4-10-14(17-12)18-13(16-10)8-3-5-11(19)9(15)7-8/h3-7,19H,2H2,1H3,(H,16,17,18). The Morgan fingerprint density at radius 3 is 2.85 bits per heavy atom. The molecule has 0 radical (unpaired) electrons. The predicted octanol–water partition coefficient (Wildman–Crippen LogP) is 3.38. The topological polar surface area (TPSA) is 71.0 Å². The molecule has 2 N–H and O–H groups in total. The molecule has 3 rings (SSSR count). The zero-order valence-corrected chi connectivity index (χ0v) is 11.5. The molecule has 0 saturated carbocycles. The maximum atomic E-state index is 9.43. The third kappa shape index (κ3) is 2.28. The monoisotopic (exact) mass is 289 g/mol. The molecule has 0 bridgehead atoms. The van der Waals surface area contributed by atoms with Gasteiger partial charge in [-0.25, -0.2) is 4.98 Å².